The lowest BCUT2D eigenvalue weighted by molar-refractivity contribution is -0.119. The van der Waals surface area contributed by atoms with Gasteiger partial charge in [-0.3, -0.25) is 19.3 Å². The zero-order valence-corrected chi connectivity index (χ0v) is 16.0. The maximum atomic E-state index is 13.3. The highest BCUT2D eigenvalue weighted by Gasteiger charge is 2.37. The molecule has 0 bridgehead atoms. The molecular weight excluding hydrogens is 364 g/mol. The molecule has 3 aromatic rings. The molecule has 1 aliphatic rings. The molecule has 0 saturated carbocycles. The van der Waals surface area contributed by atoms with E-state index in [4.69, 9.17) is 0 Å². The van der Waals surface area contributed by atoms with Gasteiger partial charge in [-0.15, -0.1) is 0 Å². The third-order valence-corrected chi connectivity index (χ3v) is 5.14. The summed E-state index contributed by atoms with van der Waals surface area (Å²) in [6.45, 7) is 1.63. The maximum Gasteiger partial charge on any atom is 0.262 e. The predicted molar refractivity (Wildman–Crippen MR) is 111 cm³/mol. The largest absolute Gasteiger partial charge is 0.304 e. The van der Waals surface area contributed by atoms with Crippen LogP contribution in [-0.2, 0) is 4.79 Å². The predicted octanol–water partition coefficient (Wildman–Crippen LogP) is 4.08. The van der Waals surface area contributed by atoms with Crippen molar-refractivity contribution in [3.63, 3.8) is 0 Å². The Morgan fingerprint density at radius 3 is 1.83 bits per heavy atom. The van der Waals surface area contributed by atoms with E-state index < -0.39 is 11.8 Å². The minimum atomic E-state index is -0.431. The van der Waals surface area contributed by atoms with E-state index in [9.17, 15) is 14.4 Å². The van der Waals surface area contributed by atoms with Crippen molar-refractivity contribution < 1.29 is 14.4 Å². The normalized spacial score (nSPS) is 13.9. The van der Waals surface area contributed by atoms with Crippen LogP contribution in [0.25, 0.3) is 0 Å². The van der Waals surface area contributed by atoms with E-state index in [0.717, 1.165) is 10.5 Å². The molecule has 1 heterocycles. The van der Waals surface area contributed by atoms with Crippen LogP contribution in [-0.4, -0.2) is 29.2 Å². The number of rotatable bonds is 5. The number of para-hydroxylation sites is 1. The van der Waals surface area contributed by atoms with Gasteiger partial charge in [0.1, 0.15) is 6.54 Å². The smallest absolute Gasteiger partial charge is 0.262 e. The lowest BCUT2D eigenvalue weighted by atomic mass is 10.1. The summed E-state index contributed by atoms with van der Waals surface area (Å²) in [5.41, 5.74) is 2.36. The second kappa shape index (κ2) is 7.72. The Hall–Kier alpha value is -3.73. The zero-order valence-electron chi connectivity index (χ0n) is 16.0. The average Bonchev–Trinajstić information content (AvgIpc) is 3.00. The molecule has 1 unspecified atom stereocenters. The summed E-state index contributed by atoms with van der Waals surface area (Å²) < 4.78 is 0. The van der Waals surface area contributed by atoms with Gasteiger partial charge < -0.3 is 4.90 Å². The van der Waals surface area contributed by atoms with Gasteiger partial charge in [0.15, 0.2) is 0 Å². The van der Waals surface area contributed by atoms with Crippen LogP contribution in [0.5, 0.6) is 0 Å². The molecule has 29 heavy (non-hydrogen) atoms. The number of carbonyl (C=O) groups is 3. The lowest BCUT2D eigenvalue weighted by Crippen LogP contribution is -2.43. The van der Waals surface area contributed by atoms with E-state index >= 15 is 0 Å². The fourth-order valence-corrected chi connectivity index (χ4v) is 3.65. The molecule has 5 nitrogen and oxygen atoms in total. The van der Waals surface area contributed by atoms with Crippen molar-refractivity contribution in [2.75, 3.05) is 11.4 Å². The number of fused-ring (bicyclic) bond motifs is 1. The number of hydrogen-bond donors (Lipinski definition) is 0. The van der Waals surface area contributed by atoms with E-state index in [1.54, 1.807) is 29.2 Å². The summed E-state index contributed by atoms with van der Waals surface area (Å²) in [5, 5.41) is 0. The van der Waals surface area contributed by atoms with E-state index in [2.05, 4.69) is 0 Å². The van der Waals surface area contributed by atoms with E-state index in [1.165, 1.54) is 0 Å². The molecule has 3 amide bonds. The van der Waals surface area contributed by atoms with Crippen LogP contribution in [0.3, 0.4) is 0 Å². The van der Waals surface area contributed by atoms with Crippen LogP contribution in [0, 0.1) is 0 Å². The number of benzene rings is 3. The lowest BCUT2D eigenvalue weighted by Gasteiger charge is -2.31. The molecule has 1 atom stereocenters. The first-order valence-corrected chi connectivity index (χ1v) is 9.45. The minimum absolute atomic E-state index is 0.263. The summed E-state index contributed by atoms with van der Waals surface area (Å²) in [7, 11) is 0. The summed E-state index contributed by atoms with van der Waals surface area (Å²) in [6, 6.07) is 25.3. The first-order chi connectivity index (χ1) is 14.1. The first kappa shape index (κ1) is 18.6. The number of anilines is 1. The third-order valence-electron chi connectivity index (χ3n) is 5.14. The van der Waals surface area contributed by atoms with Crippen LogP contribution in [0.1, 0.15) is 39.2 Å². The van der Waals surface area contributed by atoms with Gasteiger partial charge in [0, 0.05) is 5.69 Å². The van der Waals surface area contributed by atoms with Crippen molar-refractivity contribution in [3.05, 3.63) is 102 Å². The molecule has 1 aliphatic heterocycles. The van der Waals surface area contributed by atoms with Gasteiger partial charge in [0.05, 0.1) is 17.2 Å². The molecule has 0 N–H and O–H groups in total. The van der Waals surface area contributed by atoms with Crippen LogP contribution >= 0.6 is 0 Å². The van der Waals surface area contributed by atoms with Gasteiger partial charge >= 0.3 is 0 Å². The molecule has 4 rings (SSSR count). The van der Waals surface area contributed by atoms with Crippen molar-refractivity contribution in [1.82, 2.24) is 4.90 Å². The molecular formula is C24H20N2O3. The molecule has 0 fully saturated rings. The van der Waals surface area contributed by atoms with E-state index in [0.29, 0.717) is 16.8 Å². The SMILES string of the molecule is CC(c1ccccc1)N(C(=O)CN1C(=O)c2ccccc2C1=O)c1ccccc1. The topological polar surface area (TPSA) is 57.7 Å². The molecule has 0 aliphatic carbocycles. The Balaban J connectivity index is 1.65. The van der Waals surface area contributed by atoms with Crippen LogP contribution in [0.4, 0.5) is 5.69 Å². The molecule has 0 saturated heterocycles. The van der Waals surface area contributed by atoms with Crippen molar-refractivity contribution in [2.45, 2.75) is 13.0 Å². The molecule has 3 aromatic carbocycles. The van der Waals surface area contributed by atoms with Gasteiger partial charge in [-0.05, 0) is 36.8 Å². The molecule has 144 valence electrons. The highest BCUT2D eigenvalue weighted by molar-refractivity contribution is 6.22. The summed E-state index contributed by atoms with van der Waals surface area (Å²) in [6.07, 6.45) is 0. The molecule has 0 aromatic heterocycles. The maximum absolute atomic E-state index is 13.3. The number of imide groups is 1. The number of amides is 3. The number of carbonyl (C=O) groups excluding carboxylic acids is 3. The van der Waals surface area contributed by atoms with Crippen molar-refractivity contribution in [3.8, 4) is 0 Å². The quantitative estimate of drug-likeness (QED) is 0.623. The van der Waals surface area contributed by atoms with Gasteiger partial charge in [0.25, 0.3) is 11.8 Å². The van der Waals surface area contributed by atoms with Crippen molar-refractivity contribution in [2.24, 2.45) is 0 Å². The fraction of sp³-hybridized carbons (Fsp3) is 0.125. The molecule has 0 radical (unpaired) electrons. The first-order valence-electron chi connectivity index (χ1n) is 9.45. The third kappa shape index (κ3) is 3.43. The second-order valence-corrected chi connectivity index (χ2v) is 6.93. The van der Waals surface area contributed by atoms with Crippen molar-refractivity contribution >= 4 is 23.4 Å². The van der Waals surface area contributed by atoms with Gasteiger partial charge in [-0.25, -0.2) is 0 Å². The Kier molecular flexibility index (Phi) is 4.96. The number of hydrogen-bond acceptors (Lipinski definition) is 3. The standard InChI is InChI=1S/C24H20N2O3/c1-17(18-10-4-2-5-11-18)26(19-12-6-3-7-13-19)22(27)16-25-23(28)20-14-8-9-15-21(20)24(25)29/h2-15,17H,16H2,1H3. The average molecular weight is 384 g/mol. The monoisotopic (exact) mass is 384 g/mol. The van der Waals surface area contributed by atoms with Gasteiger partial charge in [-0.2, -0.15) is 0 Å². The Morgan fingerprint density at radius 1 is 0.793 bits per heavy atom. The Labute approximate surface area is 169 Å². The fourth-order valence-electron chi connectivity index (χ4n) is 3.65. The summed E-state index contributed by atoms with van der Waals surface area (Å²) in [5.74, 6) is -1.18. The summed E-state index contributed by atoms with van der Waals surface area (Å²) >= 11 is 0. The zero-order chi connectivity index (χ0) is 20.4. The van der Waals surface area contributed by atoms with Gasteiger partial charge in [0.2, 0.25) is 5.91 Å². The van der Waals surface area contributed by atoms with Crippen molar-refractivity contribution in [1.29, 1.82) is 0 Å². The Morgan fingerprint density at radius 2 is 1.28 bits per heavy atom. The highest BCUT2D eigenvalue weighted by Crippen LogP contribution is 2.28. The van der Waals surface area contributed by atoms with E-state index in [1.807, 2.05) is 67.6 Å². The molecule has 5 heteroatoms. The highest BCUT2D eigenvalue weighted by atomic mass is 16.2. The summed E-state index contributed by atoms with van der Waals surface area (Å²) in [4.78, 5) is 41.4. The van der Waals surface area contributed by atoms with Crippen LogP contribution in [0.15, 0.2) is 84.9 Å². The number of nitrogens with zero attached hydrogens (tertiary/aromatic N) is 2. The Bertz CT molecular complexity index is 1030. The molecule has 0 spiro atoms. The van der Waals surface area contributed by atoms with E-state index in [-0.39, 0.29) is 18.5 Å². The second-order valence-electron chi connectivity index (χ2n) is 6.93. The van der Waals surface area contributed by atoms with Crippen LogP contribution in [0.2, 0.25) is 0 Å². The van der Waals surface area contributed by atoms with Crippen LogP contribution < -0.4 is 4.90 Å². The minimum Gasteiger partial charge on any atom is -0.304 e. The van der Waals surface area contributed by atoms with Gasteiger partial charge in [-0.1, -0.05) is 60.7 Å².